The van der Waals surface area contributed by atoms with E-state index in [4.69, 9.17) is 23.3 Å². The molecule has 3 N–H and O–H groups in total. The molecule has 2 heterocycles. The van der Waals surface area contributed by atoms with Crippen LogP contribution in [0.2, 0.25) is 0 Å². The Morgan fingerprint density at radius 1 is 1.09 bits per heavy atom. The number of aliphatic hydroxyl groups excluding tert-OH is 1. The van der Waals surface area contributed by atoms with Crippen LogP contribution in [0.1, 0.15) is 32.6 Å². The van der Waals surface area contributed by atoms with Crippen LogP contribution in [0.5, 0.6) is 5.75 Å². The summed E-state index contributed by atoms with van der Waals surface area (Å²) in [7, 11) is -4.50. The molecule has 45 heavy (non-hydrogen) atoms. The number of hydrogen-bond donors (Lipinski definition) is 3. The molecule has 14 nitrogen and oxygen atoms in total. The molecular weight excluding hydrogens is 616 g/mol. The second-order valence-corrected chi connectivity index (χ2v) is 12.1. The van der Waals surface area contributed by atoms with E-state index in [0.717, 1.165) is 29.3 Å². The largest absolute Gasteiger partial charge is 0.459 e. The average molecular weight is 650 g/mol. The second kappa shape index (κ2) is 14.3. The first-order valence-corrected chi connectivity index (χ1v) is 15.4. The number of halogens is 1. The molecule has 16 heteroatoms. The summed E-state index contributed by atoms with van der Waals surface area (Å²) >= 11 is 0. The topological polar surface area (TPSA) is 184 Å². The predicted octanol–water partition coefficient (Wildman–Crippen LogP) is 2.38. The maximum atomic E-state index is 15.6. The van der Waals surface area contributed by atoms with E-state index in [-0.39, 0.29) is 12.4 Å². The van der Waals surface area contributed by atoms with E-state index in [1.807, 2.05) is 11.1 Å². The fourth-order valence-corrected chi connectivity index (χ4v) is 5.81. The molecule has 1 fully saturated rings. The normalized spacial score (nSPS) is 23.8. The van der Waals surface area contributed by atoms with Crippen molar-refractivity contribution in [3.63, 3.8) is 0 Å². The average Bonchev–Trinajstić information content (AvgIpc) is 3.23. The van der Waals surface area contributed by atoms with Crippen LogP contribution in [0.25, 0.3) is 0 Å². The molecule has 0 amide bonds. The van der Waals surface area contributed by atoms with Crippen molar-refractivity contribution < 1.29 is 46.9 Å². The summed E-state index contributed by atoms with van der Waals surface area (Å²) in [6.07, 6.45) is -5.32. The number of hydrogen-bond acceptors (Lipinski definition) is 11. The number of benzene rings is 2. The molecule has 0 aliphatic carbocycles. The third-order valence-corrected chi connectivity index (χ3v) is 8.40. The zero-order chi connectivity index (χ0) is 32.8. The van der Waals surface area contributed by atoms with E-state index < -0.39 is 73.8 Å². The number of alkyl halides is 1. The van der Waals surface area contributed by atoms with Gasteiger partial charge in [-0.1, -0.05) is 48.5 Å². The third-order valence-electron chi connectivity index (χ3n) is 6.75. The number of carbonyl (C=O) groups excluding carboxylic acids is 2. The number of nitrogens with one attached hydrogen (secondary N) is 2. The zero-order valence-electron chi connectivity index (χ0n) is 24.5. The SMILES string of the molecule is C[C@H](NP(=O)(OC[C@H]1O[C@@H](n2ccc(=O)[nH]c2=O)[C@](C)(F)[C@@H]1O)Oc1ccccc1)C(=O)O[C@@H](C)C(=O)OCc1ccccc1. The smallest absolute Gasteiger partial charge is 0.458 e. The Balaban J connectivity index is 1.43. The van der Waals surface area contributed by atoms with Gasteiger partial charge in [0.15, 0.2) is 18.0 Å². The summed E-state index contributed by atoms with van der Waals surface area (Å²) < 4.78 is 57.2. The summed E-state index contributed by atoms with van der Waals surface area (Å²) in [5.41, 5.74) is -3.50. The number of nitrogens with zero attached hydrogens (tertiary/aromatic N) is 1. The molecule has 7 atom stereocenters. The number of aliphatic hydroxyl groups is 1. The number of para-hydroxylation sites is 1. The Kier molecular flexibility index (Phi) is 10.7. The van der Waals surface area contributed by atoms with E-state index in [0.29, 0.717) is 0 Å². The number of ether oxygens (including phenoxy) is 3. The van der Waals surface area contributed by atoms with E-state index in [2.05, 4.69) is 5.09 Å². The summed E-state index contributed by atoms with van der Waals surface area (Å²) in [6, 6.07) is 16.3. The number of rotatable bonds is 13. The molecule has 2 aromatic carbocycles. The van der Waals surface area contributed by atoms with Crippen LogP contribution in [0.4, 0.5) is 4.39 Å². The van der Waals surface area contributed by atoms with Crippen molar-refractivity contribution in [1.29, 1.82) is 0 Å². The van der Waals surface area contributed by atoms with Gasteiger partial charge in [-0.2, -0.15) is 5.09 Å². The standard InChI is InChI=1S/C29H33FN3O11P/c1-18(25(36)42-19(2)26(37)40-16-20-10-6-4-7-11-20)32-45(39,44-21-12-8-5-9-13-21)41-17-22-24(35)29(3,30)27(43-22)33-15-14-23(34)31-28(33)38/h4-15,18-19,22,24,27,35H,16-17H2,1-3H3,(H,32,39)(H,31,34,38)/t18-,19-,22+,24+,27+,29+,45?/m0/s1. The van der Waals surface area contributed by atoms with Crippen LogP contribution >= 0.6 is 7.75 Å². The van der Waals surface area contributed by atoms with Crippen LogP contribution in [-0.2, 0) is 39.5 Å². The van der Waals surface area contributed by atoms with Crippen molar-refractivity contribution in [2.24, 2.45) is 0 Å². The van der Waals surface area contributed by atoms with Crippen molar-refractivity contribution in [2.75, 3.05) is 6.61 Å². The lowest BCUT2D eigenvalue weighted by molar-refractivity contribution is -0.168. The maximum Gasteiger partial charge on any atom is 0.459 e. The van der Waals surface area contributed by atoms with Gasteiger partial charge in [0.25, 0.3) is 5.56 Å². The Morgan fingerprint density at radius 2 is 1.73 bits per heavy atom. The van der Waals surface area contributed by atoms with Gasteiger partial charge in [-0.25, -0.2) is 18.5 Å². The molecule has 3 aromatic rings. The van der Waals surface area contributed by atoms with Gasteiger partial charge in [0.05, 0.1) is 6.61 Å². The van der Waals surface area contributed by atoms with Crippen LogP contribution in [0.3, 0.4) is 0 Å². The molecule has 4 rings (SSSR count). The van der Waals surface area contributed by atoms with Gasteiger partial charge in [-0.05, 0) is 38.5 Å². The van der Waals surface area contributed by atoms with E-state index in [9.17, 15) is 28.8 Å². The molecule has 0 spiro atoms. The number of H-pyrrole nitrogens is 1. The summed E-state index contributed by atoms with van der Waals surface area (Å²) in [5.74, 6) is -1.73. The number of carbonyl (C=O) groups is 2. The van der Waals surface area contributed by atoms with Gasteiger partial charge in [-0.15, -0.1) is 0 Å². The highest BCUT2D eigenvalue weighted by atomic mass is 31.2. The van der Waals surface area contributed by atoms with Crippen molar-refractivity contribution in [1.82, 2.24) is 14.6 Å². The van der Waals surface area contributed by atoms with E-state index in [1.165, 1.54) is 26.0 Å². The Morgan fingerprint density at radius 3 is 2.38 bits per heavy atom. The molecule has 0 saturated carbocycles. The van der Waals surface area contributed by atoms with Crippen LogP contribution < -0.4 is 20.9 Å². The van der Waals surface area contributed by atoms with Gasteiger partial charge in [0.1, 0.15) is 30.6 Å². The van der Waals surface area contributed by atoms with Crippen molar-refractivity contribution in [3.8, 4) is 5.75 Å². The fourth-order valence-electron chi connectivity index (χ4n) is 4.30. The highest BCUT2D eigenvalue weighted by Crippen LogP contribution is 2.47. The molecule has 1 aliphatic rings. The number of aromatic amines is 1. The number of aromatic nitrogens is 2. The lowest BCUT2D eigenvalue weighted by Crippen LogP contribution is -2.44. The molecule has 1 saturated heterocycles. The lowest BCUT2D eigenvalue weighted by Gasteiger charge is -2.25. The van der Waals surface area contributed by atoms with Gasteiger partial charge in [0.2, 0.25) is 0 Å². The van der Waals surface area contributed by atoms with E-state index >= 15 is 4.39 Å². The maximum absolute atomic E-state index is 15.6. The molecular formula is C29H33FN3O11P. The quantitative estimate of drug-likeness (QED) is 0.182. The first-order chi connectivity index (χ1) is 21.3. The molecule has 1 unspecified atom stereocenters. The van der Waals surface area contributed by atoms with Crippen LogP contribution in [-0.4, -0.2) is 63.2 Å². The van der Waals surface area contributed by atoms with Gasteiger partial charge in [0, 0.05) is 12.3 Å². The zero-order valence-corrected chi connectivity index (χ0v) is 25.4. The predicted molar refractivity (Wildman–Crippen MR) is 156 cm³/mol. The summed E-state index contributed by atoms with van der Waals surface area (Å²) in [6.45, 7) is 2.82. The van der Waals surface area contributed by atoms with E-state index in [1.54, 1.807) is 42.5 Å². The molecule has 242 valence electrons. The molecule has 1 aliphatic heterocycles. The fraction of sp³-hybridized carbons (Fsp3) is 0.379. The van der Waals surface area contributed by atoms with Crippen molar-refractivity contribution in [2.45, 2.75) is 63.6 Å². The Bertz CT molecular complexity index is 1630. The first kappa shape index (κ1) is 33.7. The second-order valence-electron chi connectivity index (χ2n) is 10.4. The van der Waals surface area contributed by atoms with Crippen molar-refractivity contribution >= 4 is 19.7 Å². The molecule has 1 aromatic heterocycles. The highest BCUT2D eigenvalue weighted by Gasteiger charge is 2.56. The third kappa shape index (κ3) is 8.53. The minimum atomic E-state index is -4.50. The monoisotopic (exact) mass is 649 g/mol. The van der Waals surface area contributed by atoms with Crippen LogP contribution in [0, 0.1) is 0 Å². The number of esters is 2. The summed E-state index contributed by atoms with van der Waals surface area (Å²) in [4.78, 5) is 50.9. The molecule has 0 bridgehead atoms. The highest BCUT2D eigenvalue weighted by molar-refractivity contribution is 7.52. The van der Waals surface area contributed by atoms with Crippen LogP contribution in [0.15, 0.2) is 82.5 Å². The molecule has 0 radical (unpaired) electrons. The minimum Gasteiger partial charge on any atom is -0.458 e. The lowest BCUT2D eigenvalue weighted by atomic mass is 9.98. The van der Waals surface area contributed by atoms with Crippen molar-refractivity contribution in [3.05, 3.63) is 99.3 Å². The summed E-state index contributed by atoms with van der Waals surface area (Å²) in [5, 5.41) is 13.1. The minimum absolute atomic E-state index is 0.0337. The van der Waals surface area contributed by atoms with Gasteiger partial charge >= 0.3 is 25.4 Å². The van der Waals surface area contributed by atoms with Gasteiger partial charge in [-0.3, -0.25) is 23.7 Å². The van der Waals surface area contributed by atoms with Gasteiger partial charge < -0.3 is 23.8 Å². The Hall–Kier alpha value is -4.14. The Labute approximate surface area is 256 Å². The first-order valence-electron chi connectivity index (χ1n) is 13.8.